The molecule has 3 rings (SSSR count). The lowest BCUT2D eigenvalue weighted by molar-refractivity contribution is 0.723. The minimum atomic E-state index is 0.865. The second-order valence-corrected chi connectivity index (χ2v) is 6.17. The summed E-state index contributed by atoms with van der Waals surface area (Å²) in [5.74, 6) is 1.93. The number of fused-ring (bicyclic) bond motifs is 1. The minimum Gasteiger partial charge on any atom is -0.352 e. The molecule has 0 fully saturated rings. The van der Waals surface area contributed by atoms with Gasteiger partial charge in [-0.3, -0.25) is 0 Å². The highest BCUT2D eigenvalue weighted by Crippen LogP contribution is 2.27. The Labute approximate surface area is 119 Å². The van der Waals surface area contributed by atoms with E-state index in [0.29, 0.717) is 0 Å². The van der Waals surface area contributed by atoms with Gasteiger partial charge in [-0.2, -0.15) is 0 Å². The highest BCUT2D eigenvalue weighted by molar-refractivity contribution is 9.10. The molecule has 0 N–H and O–H groups in total. The molecule has 3 nitrogen and oxygen atoms in total. The number of halogens is 1. The zero-order valence-electron chi connectivity index (χ0n) is 10.2. The molecule has 18 heavy (non-hydrogen) atoms. The van der Waals surface area contributed by atoms with E-state index in [9.17, 15) is 0 Å². The van der Waals surface area contributed by atoms with Crippen molar-refractivity contribution in [2.24, 2.45) is 0 Å². The van der Waals surface area contributed by atoms with Crippen LogP contribution in [-0.2, 0) is 19.4 Å². The maximum absolute atomic E-state index is 4.62. The molecule has 1 aliphatic rings. The van der Waals surface area contributed by atoms with Crippen molar-refractivity contribution >= 4 is 33.1 Å². The standard InChI is InChI=1S/C13H14BrN3S/c1-2-12-15-11(14)7-13(16-12)17-5-3-10-9(8-17)4-6-18-10/h4,6-7H,2-3,5,8H2,1H3. The Balaban J connectivity index is 1.90. The summed E-state index contributed by atoms with van der Waals surface area (Å²) in [5.41, 5.74) is 1.44. The highest BCUT2D eigenvalue weighted by atomic mass is 79.9. The lowest BCUT2D eigenvalue weighted by Gasteiger charge is -2.28. The van der Waals surface area contributed by atoms with Crippen molar-refractivity contribution in [2.75, 3.05) is 11.4 Å². The third kappa shape index (κ3) is 2.29. The average molecular weight is 324 g/mol. The third-order valence-electron chi connectivity index (χ3n) is 3.18. The van der Waals surface area contributed by atoms with Gasteiger partial charge in [0.2, 0.25) is 0 Å². The number of hydrogen-bond acceptors (Lipinski definition) is 4. The minimum absolute atomic E-state index is 0.865. The molecule has 0 spiro atoms. The van der Waals surface area contributed by atoms with Gasteiger partial charge in [0.25, 0.3) is 0 Å². The van der Waals surface area contributed by atoms with Crippen molar-refractivity contribution in [2.45, 2.75) is 26.3 Å². The van der Waals surface area contributed by atoms with Crippen molar-refractivity contribution in [3.05, 3.63) is 38.4 Å². The van der Waals surface area contributed by atoms with E-state index in [-0.39, 0.29) is 0 Å². The first kappa shape index (κ1) is 12.1. The number of hydrogen-bond donors (Lipinski definition) is 0. The largest absolute Gasteiger partial charge is 0.352 e. The zero-order valence-corrected chi connectivity index (χ0v) is 12.6. The molecule has 3 heterocycles. The van der Waals surface area contributed by atoms with Gasteiger partial charge < -0.3 is 4.90 Å². The van der Waals surface area contributed by atoms with Crippen LogP contribution in [0.4, 0.5) is 5.82 Å². The molecule has 1 aliphatic heterocycles. The maximum atomic E-state index is 4.62. The molecule has 0 radical (unpaired) electrons. The Morgan fingerprint density at radius 1 is 1.44 bits per heavy atom. The number of rotatable bonds is 2. The van der Waals surface area contributed by atoms with Crippen LogP contribution in [0.15, 0.2) is 22.1 Å². The molecule has 0 bridgehead atoms. The van der Waals surface area contributed by atoms with Crippen LogP contribution < -0.4 is 4.90 Å². The summed E-state index contributed by atoms with van der Waals surface area (Å²) in [7, 11) is 0. The lowest BCUT2D eigenvalue weighted by atomic mass is 10.1. The second-order valence-electron chi connectivity index (χ2n) is 4.36. The highest BCUT2D eigenvalue weighted by Gasteiger charge is 2.19. The number of aryl methyl sites for hydroxylation is 1. The van der Waals surface area contributed by atoms with Crippen molar-refractivity contribution in [3.8, 4) is 0 Å². The topological polar surface area (TPSA) is 29.0 Å². The molecule has 0 atom stereocenters. The lowest BCUT2D eigenvalue weighted by Crippen LogP contribution is -2.30. The summed E-state index contributed by atoms with van der Waals surface area (Å²) >= 11 is 5.33. The van der Waals surface area contributed by atoms with Gasteiger partial charge in [0.15, 0.2) is 0 Å². The van der Waals surface area contributed by atoms with E-state index >= 15 is 0 Å². The van der Waals surface area contributed by atoms with E-state index in [1.54, 1.807) is 0 Å². The normalized spacial score (nSPS) is 14.7. The van der Waals surface area contributed by atoms with Gasteiger partial charge in [-0.1, -0.05) is 6.92 Å². The van der Waals surface area contributed by atoms with Crippen LogP contribution in [0.1, 0.15) is 23.2 Å². The summed E-state index contributed by atoms with van der Waals surface area (Å²) in [4.78, 5) is 12.8. The van der Waals surface area contributed by atoms with E-state index in [2.05, 4.69) is 49.2 Å². The summed E-state index contributed by atoms with van der Waals surface area (Å²) < 4.78 is 0.875. The van der Waals surface area contributed by atoms with E-state index in [1.165, 1.54) is 10.4 Å². The average Bonchev–Trinajstić information content (AvgIpc) is 2.85. The quantitative estimate of drug-likeness (QED) is 0.793. The van der Waals surface area contributed by atoms with E-state index in [0.717, 1.165) is 42.2 Å². The number of thiophene rings is 1. The third-order valence-corrected chi connectivity index (χ3v) is 4.60. The molecular weight excluding hydrogens is 310 g/mol. The summed E-state index contributed by atoms with van der Waals surface area (Å²) in [6.07, 6.45) is 1.99. The molecule has 0 aromatic carbocycles. The Morgan fingerprint density at radius 3 is 3.17 bits per heavy atom. The number of nitrogens with zero attached hydrogens (tertiary/aromatic N) is 3. The van der Waals surface area contributed by atoms with Crippen molar-refractivity contribution in [1.82, 2.24) is 9.97 Å². The van der Waals surface area contributed by atoms with E-state index in [1.807, 2.05) is 17.4 Å². The van der Waals surface area contributed by atoms with Gasteiger partial charge in [0.1, 0.15) is 16.2 Å². The van der Waals surface area contributed by atoms with E-state index < -0.39 is 0 Å². The van der Waals surface area contributed by atoms with Crippen LogP contribution >= 0.6 is 27.3 Å². The smallest absolute Gasteiger partial charge is 0.133 e. The van der Waals surface area contributed by atoms with Gasteiger partial charge in [0.05, 0.1) is 0 Å². The predicted molar refractivity (Wildman–Crippen MR) is 78.2 cm³/mol. The first-order valence-corrected chi connectivity index (χ1v) is 7.77. The molecular formula is C13H14BrN3S. The van der Waals surface area contributed by atoms with Gasteiger partial charge in [-0.15, -0.1) is 11.3 Å². The Bertz CT molecular complexity index is 567. The molecule has 0 unspecified atom stereocenters. The summed E-state index contributed by atoms with van der Waals surface area (Å²) in [6, 6.07) is 4.24. The molecule has 0 amide bonds. The van der Waals surface area contributed by atoms with Crippen LogP contribution in [0.2, 0.25) is 0 Å². The molecule has 0 saturated carbocycles. The van der Waals surface area contributed by atoms with Gasteiger partial charge >= 0.3 is 0 Å². The van der Waals surface area contributed by atoms with Crippen LogP contribution in [0.5, 0.6) is 0 Å². The molecule has 94 valence electrons. The Kier molecular flexibility index (Phi) is 3.35. The van der Waals surface area contributed by atoms with Gasteiger partial charge in [-0.25, -0.2) is 9.97 Å². The molecule has 0 saturated heterocycles. The summed E-state index contributed by atoms with van der Waals surface area (Å²) in [6.45, 7) is 4.09. The second kappa shape index (κ2) is 4.97. The van der Waals surface area contributed by atoms with Gasteiger partial charge in [-0.05, 0) is 39.4 Å². The van der Waals surface area contributed by atoms with Crippen molar-refractivity contribution in [3.63, 3.8) is 0 Å². The Morgan fingerprint density at radius 2 is 2.33 bits per heavy atom. The summed E-state index contributed by atoms with van der Waals surface area (Å²) in [5, 5.41) is 2.18. The maximum Gasteiger partial charge on any atom is 0.133 e. The van der Waals surface area contributed by atoms with Gasteiger partial charge in [0, 0.05) is 30.5 Å². The van der Waals surface area contributed by atoms with Crippen LogP contribution in [0, 0.1) is 0 Å². The number of aromatic nitrogens is 2. The molecule has 0 aliphatic carbocycles. The molecule has 5 heteroatoms. The van der Waals surface area contributed by atoms with Crippen LogP contribution in [0.25, 0.3) is 0 Å². The monoisotopic (exact) mass is 323 g/mol. The molecule has 2 aromatic rings. The zero-order chi connectivity index (χ0) is 12.5. The van der Waals surface area contributed by atoms with E-state index in [4.69, 9.17) is 0 Å². The fourth-order valence-electron chi connectivity index (χ4n) is 2.22. The first-order chi connectivity index (χ1) is 8.76. The first-order valence-electron chi connectivity index (χ1n) is 6.10. The Hall–Kier alpha value is -0.940. The predicted octanol–water partition coefficient (Wildman–Crippen LogP) is 3.43. The van der Waals surface area contributed by atoms with Crippen molar-refractivity contribution in [1.29, 1.82) is 0 Å². The molecule has 2 aromatic heterocycles. The van der Waals surface area contributed by atoms with Crippen LogP contribution in [0.3, 0.4) is 0 Å². The number of anilines is 1. The van der Waals surface area contributed by atoms with Crippen LogP contribution in [-0.4, -0.2) is 16.5 Å². The SMILES string of the molecule is CCc1nc(Br)cc(N2CCc3sccc3C2)n1. The fourth-order valence-corrected chi connectivity index (χ4v) is 3.51. The van der Waals surface area contributed by atoms with Crippen molar-refractivity contribution < 1.29 is 0 Å². The fraction of sp³-hybridized carbons (Fsp3) is 0.385.